The molecule has 0 atom stereocenters. The number of pyridine rings is 2. The Balaban J connectivity index is 1.28. The smallest absolute Gasteiger partial charge is 0.336 e. The fourth-order valence-corrected chi connectivity index (χ4v) is 5.31. The third kappa shape index (κ3) is 5.47. The van der Waals surface area contributed by atoms with Crippen LogP contribution in [0.25, 0.3) is 22.2 Å². The summed E-state index contributed by atoms with van der Waals surface area (Å²) in [6, 6.07) is 20.0. The van der Waals surface area contributed by atoms with Crippen LogP contribution < -0.4 is 5.32 Å². The number of rotatable bonds is 6. The van der Waals surface area contributed by atoms with Gasteiger partial charge in [0.1, 0.15) is 11.1 Å². The van der Waals surface area contributed by atoms with Crippen LogP contribution in [0.5, 0.6) is 0 Å². The van der Waals surface area contributed by atoms with Crippen LogP contribution in [0, 0.1) is 11.3 Å². The molecule has 2 heterocycles. The Morgan fingerprint density at radius 1 is 1.00 bits per heavy atom. The van der Waals surface area contributed by atoms with E-state index in [1.165, 1.54) is 18.2 Å². The second kappa shape index (κ2) is 10.8. The van der Waals surface area contributed by atoms with Gasteiger partial charge in [0.15, 0.2) is 0 Å². The number of carboxylic acid groups (broad SMARTS) is 1. The number of amides is 1. The average molecular weight is 509 g/mol. The van der Waals surface area contributed by atoms with Crippen molar-refractivity contribution in [1.29, 1.82) is 5.26 Å². The fourth-order valence-electron chi connectivity index (χ4n) is 4.54. The van der Waals surface area contributed by atoms with Crippen LogP contribution in [0.2, 0.25) is 0 Å². The highest BCUT2D eigenvalue weighted by Crippen LogP contribution is 2.28. The number of carboxylic acids is 1. The fraction of sp³-hybridized carbons (Fsp3) is 0.207. The minimum Gasteiger partial charge on any atom is -0.478 e. The summed E-state index contributed by atoms with van der Waals surface area (Å²) in [6.07, 6.45) is 5.24. The molecule has 0 saturated carbocycles. The molecule has 2 aromatic heterocycles. The van der Waals surface area contributed by atoms with Crippen LogP contribution in [-0.2, 0) is 17.6 Å². The molecule has 37 heavy (non-hydrogen) atoms. The van der Waals surface area contributed by atoms with Gasteiger partial charge >= 0.3 is 5.97 Å². The van der Waals surface area contributed by atoms with Crippen molar-refractivity contribution in [2.45, 2.75) is 37.1 Å². The third-order valence-corrected chi connectivity index (χ3v) is 7.38. The first-order valence-corrected chi connectivity index (χ1v) is 13.1. The molecule has 8 heteroatoms. The van der Waals surface area contributed by atoms with Crippen LogP contribution in [-0.4, -0.2) is 32.7 Å². The molecule has 0 aliphatic heterocycles. The van der Waals surface area contributed by atoms with Gasteiger partial charge in [0.2, 0.25) is 5.91 Å². The van der Waals surface area contributed by atoms with Gasteiger partial charge in [-0.15, -0.1) is 0 Å². The van der Waals surface area contributed by atoms with Crippen LogP contribution in [0.4, 0.5) is 5.69 Å². The van der Waals surface area contributed by atoms with Crippen molar-refractivity contribution in [3.63, 3.8) is 0 Å². The first-order valence-electron chi connectivity index (χ1n) is 12.1. The van der Waals surface area contributed by atoms with E-state index in [0.29, 0.717) is 32.9 Å². The second-order valence-corrected chi connectivity index (χ2v) is 9.87. The van der Waals surface area contributed by atoms with Crippen molar-refractivity contribution in [2.24, 2.45) is 0 Å². The first kappa shape index (κ1) is 24.5. The Morgan fingerprint density at radius 3 is 2.57 bits per heavy atom. The number of anilines is 1. The zero-order chi connectivity index (χ0) is 25.8. The topological polar surface area (TPSA) is 116 Å². The minimum absolute atomic E-state index is 0.135. The maximum atomic E-state index is 12.6. The van der Waals surface area contributed by atoms with Crippen LogP contribution >= 0.6 is 11.8 Å². The van der Waals surface area contributed by atoms with Crippen molar-refractivity contribution in [3.05, 3.63) is 83.0 Å². The SMILES string of the molecule is N#Cc1cc2c(nc1SCC(=O)Nc1ccc(-c3cc(C(=O)O)c4ccccc4n3)cc1)CCCCC2. The van der Waals surface area contributed by atoms with Crippen molar-refractivity contribution in [1.82, 2.24) is 9.97 Å². The van der Waals surface area contributed by atoms with E-state index in [2.05, 4.69) is 16.4 Å². The highest BCUT2D eigenvalue weighted by molar-refractivity contribution is 8.00. The number of fused-ring (bicyclic) bond motifs is 2. The summed E-state index contributed by atoms with van der Waals surface area (Å²) in [4.78, 5) is 33.7. The van der Waals surface area contributed by atoms with Crippen LogP contribution in [0.3, 0.4) is 0 Å². The Labute approximate surface area is 218 Å². The van der Waals surface area contributed by atoms with Crippen molar-refractivity contribution in [3.8, 4) is 17.3 Å². The number of nitriles is 1. The van der Waals surface area contributed by atoms with Gasteiger partial charge in [-0.1, -0.05) is 48.5 Å². The van der Waals surface area contributed by atoms with Gasteiger partial charge in [0.25, 0.3) is 0 Å². The summed E-state index contributed by atoms with van der Waals surface area (Å²) in [5.41, 5.74) is 5.42. The molecule has 7 nitrogen and oxygen atoms in total. The number of aromatic nitrogens is 2. The van der Waals surface area contributed by atoms with E-state index in [-0.39, 0.29) is 17.2 Å². The molecule has 0 radical (unpaired) electrons. The number of aromatic carboxylic acids is 1. The number of benzene rings is 2. The van der Waals surface area contributed by atoms with E-state index >= 15 is 0 Å². The van der Waals surface area contributed by atoms with Gasteiger partial charge < -0.3 is 10.4 Å². The molecule has 2 aromatic carbocycles. The Kier molecular flexibility index (Phi) is 7.15. The number of carbonyl (C=O) groups excluding carboxylic acids is 1. The molecular formula is C29H24N4O3S. The van der Waals surface area contributed by atoms with E-state index in [1.807, 2.05) is 12.1 Å². The standard InChI is InChI=1S/C29H24N4O3S/c30-16-20-14-19-6-2-1-3-8-24(19)33-28(20)37-17-27(34)31-21-12-10-18(11-13-21)26-15-23(29(35)36)22-7-4-5-9-25(22)32-26/h4-5,7,9-15H,1-3,6,8,17H2,(H,31,34)(H,35,36). The highest BCUT2D eigenvalue weighted by Gasteiger charge is 2.16. The molecule has 5 rings (SSSR count). The molecule has 4 aromatic rings. The monoisotopic (exact) mass is 508 g/mol. The zero-order valence-corrected chi connectivity index (χ0v) is 20.8. The largest absolute Gasteiger partial charge is 0.478 e. The number of thioether (sulfide) groups is 1. The zero-order valence-electron chi connectivity index (χ0n) is 20.0. The Bertz CT molecular complexity index is 1540. The van der Waals surface area contributed by atoms with E-state index < -0.39 is 5.97 Å². The predicted molar refractivity (Wildman–Crippen MR) is 144 cm³/mol. The van der Waals surface area contributed by atoms with Crippen LogP contribution in [0.15, 0.2) is 65.7 Å². The molecule has 1 amide bonds. The van der Waals surface area contributed by atoms with Gasteiger partial charge in [-0.3, -0.25) is 4.79 Å². The number of carbonyl (C=O) groups is 2. The highest BCUT2D eigenvalue weighted by atomic mass is 32.2. The molecule has 0 unspecified atom stereocenters. The molecule has 0 saturated heterocycles. The van der Waals surface area contributed by atoms with E-state index in [0.717, 1.165) is 42.5 Å². The van der Waals surface area contributed by atoms with Crippen LogP contribution in [0.1, 0.15) is 46.4 Å². The summed E-state index contributed by atoms with van der Waals surface area (Å²) >= 11 is 1.27. The molecule has 0 fully saturated rings. The molecule has 0 bridgehead atoms. The van der Waals surface area contributed by atoms with Gasteiger partial charge in [-0.2, -0.15) is 5.26 Å². The van der Waals surface area contributed by atoms with Gasteiger partial charge in [-0.25, -0.2) is 14.8 Å². The molecule has 184 valence electrons. The number of nitrogens with zero attached hydrogens (tertiary/aromatic N) is 3. The summed E-state index contributed by atoms with van der Waals surface area (Å²) in [7, 11) is 0. The first-order chi connectivity index (χ1) is 18.0. The number of nitrogens with one attached hydrogen (secondary N) is 1. The Morgan fingerprint density at radius 2 is 1.78 bits per heavy atom. The second-order valence-electron chi connectivity index (χ2n) is 8.91. The number of aryl methyl sites for hydroxylation is 2. The molecular weight excluding hydrogens is 484 g/mol. The number of para-hydroxylation sites is 1. The maximum Gasteiger partial charge on any atom is 0.336 e. The summed E-state index contributed by atoms with van der Waals surface area (Å²) in [6.45, 7) is 0. The van der Waals surface area contributed by atoms with Gasteiger partial charge in [0, 0.05) is 22.3 Å². The normalized spacial score (nSPS) is 12.8. The lowest BCUT2D eigenvalue weighted by atomic mass is 10.0. The molecule has 2 N–H and O–H groups in total. The van der Waals surface area contributed by atoms with E-state index in [1.54, 1.807) is 48.5 Å². The summed E-state index contributed by atoms with van der Waals surface area (Å²) < 4.78 is 0. The third-order valence-electron chi connectivity index (χ3n) is 6.39. The summed E-state index contributed by atoms with van der Waals surface area (Å²) in [5, 5.41) is 23.3. The number of hydrogen-bond donors (Lipinski definition) is 2. The summed E-state index contributed by atoms with van der Waals surface area (Å²) in [5.74, 6) is -1.07. The van der Waals surface area contributed by atoms with Gasteiger partial charge in [-0.05, 0) is 61.6 Å². The lowest BCUT2D eigenvalue weighted by Gasteiger charge is -2.11. The Hall–Kier alpha value is -4.22. The lowest BCUT2D eigenvalue weighted by Crippen LogP contribution is -2.14. The van der Waals surface area contributed by atoms with Crippen molar-refractivity contribution in [2.75, 3.05) is 11.1 Å². The molecule has 1 aliphatic carbocycles. The van der Waals surface area contributed by atoms with Gasteiger partial charge in [0.05, 0.1) is 28.1 Å². The molecule has 0 spiro atoms. The van der Waals surface area contributed by atoms with Crippen molar-refractivity contribution < 1.29 is 14.7 Å². The van der Waals surface area contributed by atoms with Crippen molar-refractivity contribution >= 4 is 40.2 Å². The minimum atomic E-state index is -1.01. The lowest BCUT2D eigenvalue weighted by molar-refractivity contribution is -0.113. The van der Waals surface area contributed by atoms with E-state index in [9.17, 15) is 20.0 Å². The molecule has 1 aliphatic rings. The predicted octanol–water partition coefficient (Wildman–Crippen LogP) is 5.87. The van der Waals surface area contributed by atoms with E-state index in [4.69, 9.17) is 4.98 Å². The average Bonchev–Trinajstić information content (AvgIpc) is 3.15. The maximum absolute atomic E-state index is 12.6. The number of hydrogen-bond acceptors (Lipinski definition) is 6. The quantitative estimate of drug-likeness (QED) is 0.247.